The van der Waals surface area contributed by atoms with Gasteiger partial charge in [-0.2, -0.15) is 15.3 Å². The molecule has 0 bridgehead atoms. The molecule has 5 aromatic carbocycles. The smallest absolute Gasteiger partial charge is 0.257 e. The third-order valence-corrected chi connectivity index (χ3v) is 20.8. The number of halogens is 1. The first-order valence-electron chi connectivity index (χ1n) is 35.7. The zero-order chi connectivity index (χ0) is 75.7. The average molecular weight is 1550 g/mol. The van der Waals surface area contributed by atoms with Crippen LogP contribution in [0.25, 0.3) is 11.1 Å². The number of carbonyl (C=O) groups is 3. The third-order valence-electron chi connectivity index (χ3n) is 17.9. The molecule has 11 aromatic rings. The Morgan fingerprint density at radius 1 is 0.509 bits per heavy atom. The Balaban J connectivity index is 0.000000301. The Kier molecular flexibility index (Phi) is 23.3. The topological polar surface area (TPSA) is 337 Å². The van der Waals surface area contributed by atoms with E-state index in [9.17, 15) is 24.6 Å². The molecule has 9 heterocycles. The number of nitrogens with zero attached hydrogens (tertiary/aromatic N) is 12. The lowest BCUT2D eigenvalue weighted by molar-refractivity contribution is -0.116. The summed E-state index contributed by atoms with van der Waals surface area (Å²) < 4.78 is 0. The van der Waals surface area contributed by atoms with Crippen LogP contribution >= 0.6 is 46.9 Å². The fourth-order valence-electron chi connectivity index (χ4n) is 12.4. The van der Waals surface area contributed by atoms with Gasteiger partial charge in [-0.3, -0.25) is 29.7 Å². The largest absolute Gasteiger partial charge is 0.386 e. The minimum atomic E-state index is -0.720. The number of β-amino-alcohol motifs (C(OH)–C–C–N with tert-alkyl or cyclic N) is 2. The van der Waals surface area contributed by atoms with Crippen molar-refractivity contribution < 1.29 is 36.0 Å². The normalized spacial score (nSPS) is 14.7. The van der Waals surface area contributed by atoms with Crippen molar-refractivity contribution in [2.75, 3.05) is 85.9 Å². The minimum Gasteiger partial charge on any atom is -0.386 e. The molecule has 3 amide bonds. The summed E-state index contributed by atoms with van der Waals surface area (Å²) in [6.45, 7) is 20.1. The van der Waals surface area contributed by atoms with E-state index in [-0.39, 0.29) is 34.5 Å². The van der Waals surface area contributed by atoms with Crippen LogP contribution < -0.4 is 46.6 Å². The minimum absolute atomic E-state index is 0. The van der Waals surface area contributed by atoms with Crippen molar-refractivity contribution in [2.45, 2.75) is 135 Å². The van der Waals surface area contributed by atoms with Gasteiger partial charge in [-0.25, -0.2) is 29.9 Å². The van der Waals surface area contributed by atoms with E-state index in [0.717, 1.165) is 110 Å². The number of aliphatic hydroxyl groups is 2. The van der Waals surface area contributed by atoms with E-state index in [1.165, 1.54) is 35.3 Å². The van der Waals surface area contributed by atoms with Crippen LogP contribution in [0.3, 0.4) is 0 Å². The van der Waals surface area contributed by atoms with Crippen LogP contribution in [-0.2, 0) is 9.59 Å². The molecular weight excluding hydrogens is 1440 g/mol. The summed E-state index contributed by atoms with van der Waals surface area (Å²) in [5, 5.41) is 63.8. The molecule has 30 heteroatoms. The number of benzene rings is 5. The molecule has 0 atom stereocenters. The van der Waals surface area contributed by atoms with E-state index in [2.05, 4.69) is 108 Å². The number of aromatic amines is 3. The van der Waals surface area contributed by atoms with Crippen LogP contribution in [-0.4, -0.2) is 139 Å². The number of rotatable bonds is 24. The molecule has 574 valence electrons. The molecule has 0 unspecified atom stereocenters. The highest BCUT2D eigenvalue weighted by Crippen LogP contribution is 2.46. The zero-order valence-corrected chi connectivity index (χ0v) is 64.4. The van der Waals surface area contributed by atoms with Gasteiger partial charge in [0.05, 0.1) is 23.7 Å². The summed E-state index contributed by atoms with van der Waals surface area (Å²) in [4.78, 5) is 73.8. The van der Waals surface area contributed by atoms with E-state index >= 15 is 0 Å². The van der Waals surface area contributed by atoms with Gasteiger partial charge in [0.15, 0.2) is 32.9 Å². The number of nitrogens with one attached hydrogen (secondary N) is 9. The lowest BCUT2D eigenvalue weighted by Gasteiger charge is -2.49. The molecule has 3 aliphatic heterocycles. The second kappa shape index (κ2) is 33.3. The summed E-state index contributed by atoms with van der Waals surface area (Å²) >= 11 is 10.8. The quantitative estimate of drug-likeness (QED) is 0.0250. The van der Waals surface area contributed by atoms with Crippen molar-refractivity contribution in [2.24, 2.45) is 11.3 Å². The number of amides is 3. The number of aromatic nitrogens is 12. The SMILES string of the molecule is CCC(=O)Nc1ccc(Sc2nc(Nc3cc(C)[nH]n3)cc(N3CC(O)(C4CC4)C3)n2)cc1.CCC(=O)Nc1ccc(Sc2nc(Nc3cc(C)[nH]n3)cc(N3CC(O)(CC(C)(C)C)C3)n2)cc1.Cc1cc(Nc2cc(N3CCC3)nc(Sc3ccc(NC(=O)c4ccc(-c5ccccc5)cc4Cl)cc3)n2)n[nH]1.[HH].[HH].[HH].[HH].[HH].[HH].[HH].[HH]. The molecule has 4 fully saturated rings. The van der Waals surface area contributed by atoms with E-state index in [1.807, 2.05) is 186 Å². The molecular formula is C78H102ClN21O5S3. The van der Waals surface area contributed by atoms with Crippen LogP contribution in [0.15, 0.2) is 188 Å². The zero-order valence-electron chi connectivity index (χ0n) is 61.2. The summed E-state index contributed by atoms with van der Waals surface area (Å²) in [6, 6.07) is 49.7. The Hall–Kier alpha value is -10.6. The molecule has 3 saturated heterocycles. The first-order chi connectivity index (χ1) is 51.9. The number of aryl methyl sites for hydroxylation is 3. The van der Waals surface area contributed by atoms with Gasteiger partial charge in [0.2, 0.25) is 11.8 Å². The highest BCUT2D eigenvalue weighted by atomic mass is 35.5. The van der Waals surface area contributed by atoms with Crippen LogP contribution in [0, 0.1) is 32.1 Å². The van der Waals surface area contributed by atoms with E-state index in [0.29, 0.717) is 112 Å². The number of H-pyrrole nitrogens is 3. The molecule has 0 radical (unpaired) electrons. The second-order valence-corrected chi connectivity index (χ2v) is 32.0. The molecule has 1 aliphatic carbocycles. The molecule has 0 spiro atoms. The van der Waals surface area contributed by atoms with Gasteiger partial charge in [-0.05, 0) is 189 Å². The number of carbonyl (C=O) groups excluding carboxylic acids is 3. The van der Waals surface area contributed by atoms with E-state index in [1.54, 1.807) is 6.07 Å². The maximum atomic E-state index is 12.9. The molecule has 15 rings (SSSR count). The monoisotopic (exact) mass is 1540 g/mol. The van der Waals surface area contributed by atoms with Gasteiger partial charge in [-0.15, -0.1) is 0 Å². The lowest BCUT2D eigenvalue weighted by atomic mass is 9.78. The predicted molar refractivity (Wildman–Crippen MR) is 445 cm³/mol. The summed E-state index contributed by atoms with van der Waals surface area (Å²) in [6.07, 6.45) is 4.97. The van der Waals surface area contributed by atoms with Crippen LogP contribution in [0.1, 0.15) is 112 Å². The van der Waals surface area contributed by atoms with E-state index < -0.39 is 11.2 Å². The summed E-state index contributed by atoms with van der Waals surface area (Å²) in [5.74, 6) is 6.55. The fourth-order valence-corrected chi connectivity index (χ4v) is 14.9. The first-order valence-corrected chi connectivity index (χ1v) is 38.6. The van der Waals surface area contributed by atoms with Gasteiger partial charge < -0.3 is 56.8 Å². The van der Waals surface area contributed by atoms with Crippen molar-refractivity contribution >= 4 is 134 Å². The molecule has 108 heavy (non-hydrogen) atoms. The van der Waals surface area contributed by atoms with Crippen molar-refractivity contribution in [3.63, 3.8) is 0 Å². The van der Waals surface area contributed by atoms with Gasteiger partial charge in [0, 0.05) is 136 Å². The van der Waals surface area contributed by atoms with Crippen LogP contribution in [0.2, 0.25) is 5.02 Å². The van der Waals surface area contributed by atoms with Crippen molar-refractivity contribution in [1.82, 2.24) is 60.5 Å². The summed E-state index contributed by atoms with van der Waals surface area (Å²) in [7, 11) is 0. The Labute approximate surface area is 656 Å². The molecule has 1 saturated carbocycles. The van der Waals surface area contributed by atoms with Gasteiger partial charge >= 0.3 is 0 Å². The van der Waals surface area contributed by atoms with Crippen molar-refractivity contribution in [3.05, 3.63) is 185 Å². The Morgan fingerprint density at radius 3 is 1.28 bits per heavy atom. The lowest BCUT2D eigenvalue weighted by Crippen LogP contribution is -2.63. The maximum Gasteiger partial charge on any atom is 0.257 e. The van der Waals surface area contributed by atoms with Gasteiger partial charge in [0.25, 0.3) is 5.91 Å². The highest BCUT2D eigenvalue weighted by molar-refractivity contribution is 7.99. The molecule has 11 N–H and O–H groups in total. The average Bonchev–Trinajstić information content (AvgIpc) is 1.40. The van der Waals surface area contributed by atoms with Crippen molar-refractivity contribution in [3.8, 4) is 11.1 Å². The number of hydrogen-bond donors (Lipinski definition) is 11. The highest BCUT2D eigenvalue weighted by Gasteiger charge is 2.52. The third kappa shape index (κ3) is 20.4. The first kappa shape index (κ1) is 75.7. The molecule has 6 aromatic heterocycles. The van der Waals surface area contributed by atoms with Gasteiger partial charge in [-0.1, -0.05) is 82.6 Å². The Bertz CT molecular complexity index is 5000. The molecule has 26 nitrogen and oxygen atoms in total. The van der Waals surface area contributed by atoms with E-state index in [4.69, 9.17) is 31.5 Å². The standard InChI is InChI=1S/C30H26ClN7OS.C25H33N7O2S.C23H27N7O2S.8H2/c1-19-16-27(37-36-19)33-26-18-28(38-14-5-15-38)35-30(34-26)40-23-11-9-22(10-12-23)32-29(39)24-13-8-21(17-25(24)31)20-6-3-2-4-7-20;1-6-22(33)26-17-7-9-18(10-8-17)35-23-28-19(27-20-11-16(2)30-31-20)12-21(29-23)32-14-25(34,15-32)13-24(3,4)5;1-3-21(31)24-16-6-8-17(9-7-16)33-22-26-18(25-19-10-14(2)28-29-19)11-20(27-22)30-12-23(32,13-30)15-4-5-15;;;;;;;;/h2-4,6-13,16-18H,5,14-15H2,1H3,(H,32,39)(H2,33,34,35,36,37);7-12,34H,6,13-15H2,1-5H3,(H,26,33)(H2,27,28,29,30,31);6-11,15,32H,3-5,12-13H2,1-2H3,(H,24,31)(H2,25,26,27,28,29);8*1H. The van der Waals surface area contributed by atoms with Crippen LogP contribution in [0.4, 0.5) is 69.4 Å². The summed E-state index contributed by atoms with van der Waals surface area (Å²) in [5.41, 5.74) is 6.20. The fraction of sp³-hybridized carbons (Fsp3) is 0.308. The maximum absolute atomic E-state index is 12.9. The second-order valence-electron chi connectivity index (χ2n) is 28.5. The van der Waals surface area contributed by atoms with Crippen LogP contribution in [0.5, 0.6) is 0 Å². The Morgan fingerprint density at radius 2 is 0.917 bits per heavy atom. The van der Waals surface area contributed by atoms with Gasteiger partial charge in [0.1, 0.15) is 46.1 Å². The molecule has 4 aliphatic rings. The predicted octanol–water partition coefficient (Wildman–Crippen LogP) is 17.6. The van der Waals surface area contributed by atoms with Crippen molar-refractivity contribution in [1.29, 1.82) is 0 Å². The number of hydrogen-bond acceptors (Lipinski definition) is 23. The number of anilines is 12.